The Hall–Kier alpha value is -0.970. The molecule has 5 heteroatoms. The van der Waals surface area contributed by atoms with Gasteiger partial charge < -0.3 is 9.84 Å². The molecule has 2 rings (SSSR count). The molecule has 0 aromatic carbocycles. The van der Waals surface area contributed by atoms with Gasteiger partial charge in [-0.2, -0.15) is 0 Å². The van der Waals surface area contributed by atoms with E-state index in [2.05, 4.69) is 29.3 Å². The lowest BCUT2D eigenvalue weighted by Crippen LogP contribution is -2.41. The highest BCUT2D eigenvalue weighted by Crippen LogP contribution is 2.19. The average Bonchev–Trinajstić information content (AvgIpc) is 2.79. The SMILES string of the molecule is CC(C)C1CCSC(=NCc2ccno2)N1. The summed E-state index contributed by atoms with van der Waals surface area (Å²) in [7, 11) is 0. The van der Waals surface area contributed by atoms with E-state index in [1.165, 1.54) is 6.42 Å². The van der Waals surface area contributed by atoms with Crippen LogP contribution in [-0.4, -0.2) is 22.1 Å². The van der Waals surface area contributed by atoms with Crippen molar-refractivity contribution in [2.45, 2.75) is 32.9 Å². The van der Waals surface area contributed by atoms with Crippen LogP contribution in [0.4, 0.5) is 0 Å². The second-order valence-electron chi connectivity index (χ2n) is 4.23. The molecule has 0 amide bonds. The first-order chi connectivity index (χ1) is 7.75. The molecule has 1 saturated heterocycles. The van der Waals surface area contributed by atoms with E-state index in [9.17, 15) is 0 Å². The van der Waals surface area contributed by atoms with Crippen molar-refractivity contribution in [2.24, 2.45) is 10.9 Å². The van der Waals surface area contributed by atoms with E-state index in [4.69, 9.17) is 4.52 Å². The van der Waals surface area contributed by atoms with Crippen molar-refractivity contribution in [2.75, 3.05) is 5.75 Å². The number of rotatable bonds is 3. The van der Waals surface area contributed by atoms with Gasteiger partial charge in [-0.05, 0) is 12.3 Å². The van der Waals surface area contributed by atoms with Crippen LogP contribution in [0.1, 0.15) is 26.0 Å². The number of aromatic nitrogens is 1. The molecule has 0 bridgehead atoms. The molecule has 4 nitrogen and oxygen atoms in total. The highest BCUT2D eigenvalue weighted by atomic mass is 32.2. The molecule has 1 aliphatic rings. The van der Waals surface area contributed by atoms with E-state index >= 15 is 0 Å². The fraction of sp³-hybridized carbons (Fsp3) is 0.636. The van der Waals surface area contributed by atoms with Crippen LogP contribution in [0.5, 0.6) is 0 Å². The van der Waals surface area contributed by atoms with Crippen molar-refractivity contribution < 1.29 is 4.52 Å². The molecule has 1 aromatic rings. The van der Waals surface area contributed by atoms with Crippen LogP contribution in [0.3, 0.4) is 0 Å². The van der Waals surface area contributed by atoms with E-state index in [0.29, 0.717) is 18.5 Å². The summed E-state index contributed by atoms with van der Waals surface area (Å²) in [5, 5.41) is 8.15. The van der Waals surface area contributed by atoms with E-state index < -0.39 is 0 Å². The van der Waals surface area contributed by atoms with E-state index in [-0.39, 0.29) is 0 Å². The van der Waals surface area contributed by atoms with Crippen LogP contribution >= 0.6 is 11.8 Å². The van der Waals surface area contributed by atoms with Crippen LogP contribution in [0, 0.1) is 5.92 Å². The van der Waals surface area contributed by atoms with Crippen molar-refractivity contribution in [3.63, 3.8) is 0 Å². The second kappa shape index (κ2) is 5.39. The fourth-order valence-corrected chi connectivity index (χ4v) is 2.58. The van der Waals surface area contributed by atoms with Gasteiger partial charge in [-0.15, -0.1) is 0 Å². The number of nitrogens with one attached hydrogen (secondary N) is 1. The molecule has 0 spiro atoms. The van der Waals surface area contributed by atoms with E-state index in [1.807, 2.05) is 6.07 Å². The normalized spacial score (nSPS) is 23.7. The minimum atomic E-state index is 0.551. The molecule has 1 unspecified atom stereocenters. The summed E-state index contributed by atoms with van der Waals surface area (Å²) in [6.07, 6.45) is 2.86. The summed E-state index contributed by atoms with van der Waals surface area (Å²) in [5.74, 6) is 2.60. The average molecular weight is 239 g/mol. The molecule has 0 aliphatic carbocycles. The van der Waals surface area contributed by atoms with Crippen LogP contribution in [0.25, 0.3) is 0 Å². The predicted octanol–water partition coefficient (Wildman–Crippen LogP) is 2.28. The molecular weight excluding hydrogens is 222 g/mol. The van der Waals surface area contributed by atoms with Crippen molar-refractivity contribution >= 4 is 16.9 Å². The number of hydrogen-bond donors (Lipinski definition) is 1. The maximum absolute atomic E-state index is 5.00. The summed E-state index contributed by atoms with van der Waals surface area (Å²) in [6.45, 7) is 5.05. The quantitative estimate of drug-likeness (QED) is 0.879. The summed E-state index contributed by atoms with van der Waals surface area (Å²) >= 11 is 1.78. The Morgan fingerprint density at radius 2 is 2.56 bits per heavy atom. The predicted molar refractivity (Wildman–Crippen MR) is 66.5 cm³/mol. The standard InChI is InChI=1S/C11H17N3OS/c1-8(2)10-4-6-16-11(14-10)12-7-9-3-5-13-15-9/h3,5,8,10H,4,6-7H2,1-2H3,(H,12,14). The number of thioether (sulfide) groups is 1. The highest BCUT2D eigenvalue weighted by Gasteiger charge is 2.19. The van der Waals surface area contributed by atoms with E-state index in [0.717, 1.165) is 16.7 Å². The first-order valence-corrected chi connectivity index (χ1v) is 6.57. The van der Waals surface area contributed by atoms with Crippen LogP contribution in [-0.2, 0) is 6.54 Å². The van der Waals surface area contributed by atoms with Crippen molar-refractivity contribution in [1.29, 1.82) is 0 Å². The molecule has 1 aliphatic heterocycles. The van der Waals surface area contributed by atoms with Gasteiger partial charge in [0.25, 0.3) is 0 Å². The Balaban J connectivity index is 1.91. The maximum atomic E-state index is 5.00. The van der Waals surface area contributed by atoms with Crippen molar-refractivity contribution in [1.82, 2.24) is 10.5 Å². The molecule has 0 radical (unpaired) electrons. The third kappa shape index (κ3) is 3.01. The summed E-state index contributed by atoms with van der Waals surface area (Å²) in [6, 6.07) is 2.40. The van der Waals surface area contributed by atoms with Gasteiger partial charge in [-0.25, -0.2) is 0 Å². The lowest BCUT2D eigenvalue weighted by Gasteiger charge is -2.28. The molecule has 1 N–H and O–H groups in total. The minimum absolute atomic E-state index is 0.551. The lowest BCUT2D eigenvalue weighted by molar-refractivity contribution is 0.384. The number of amidine groups is 1. The Morgan fingerprint density at radius 1 is 1.69 bits per heavy atom. The first-order valence-electron chi connectivity index (χ1n) is 5.59. The maximum Gasteiger partial charge on any atom is 0.158 e. The third-order valence-electron chi connectivity index (χ3n) is 2.65. The Bertz CT molecular complexity index is 348. The zero-order chi connectivity index (χ0) is 11.4. The summed E-state index contributed by atoms with van der Waals surface area (Å²) < 4.78 is 5.00. The Kier molecular flexibility index (Phi) is 3.88. The monoisotopic (exact) mass is 239 g/mol. The lowest BCUT2D eigenvalue weighted by atomic mass is 10.0. The van der Waals surface area contributed by atoms with Gasteiger partial charge in [0.1, 0.15) is 6.54 Å². The van der Waals surface area contributed by atoms with Gasteiger partial charge in [0.15, 0.2) is 10.9 Å². The molecular formula is C11H17N3OS. The number of aliphatic imine (C=N–C) groups is 1. The summed E-state index contributed by atoms with van der Waals surface area (Å²) in [5.41, 5.74) is 0. The molecule has 2 heterocycles. The third-order valence-corrected chi connectivity index (χ3v) is 3.61. The van der Waals surface area contributed by atoms with Crippen LogP contribution < -0.4 is 5.32 Å². The minimum Gasteiger partial charge on any atom is -0.362 e. The summed E-state index contributed by atoms with van der Waals surface area (Å²) in [4.78, 5) is 4.49. The van der Waals surface area contributed by atoms with Gasteiger partial charge >= 0.3 is 0 Å². The number of hydrogen-bond acceptors (Lipinski definition) is 4. The Morgan fingerprint density at radius 3 is 3.25 bits per heavy atom. The smallest absolute Gasteiger partial charge is 0.158 e. The highest BCUT2D eigenvalue weighted by molar-refractivity contribution is 8.13. The Labute approximate surface area is 99.9 Å². The molecule has 16 heavy (non-hydrogen) atoms. The van der Waals surface area contributed by atoms with Gasteiger partial charge in [0.2, 0.25) is 0 Å². The van der Waals surface area contributed by atoms with Gasteiger partial charge in [0, 0.05) is 17.9 Å². The fourth-order valence-electron chi connectivity index (χ4n) is 1.62. The van der Waals surface area contributed by atoms with Gasteiger partial charge in [0.05, 0.1) is 6.20 Å². The molecule has 1 aromatic heterocycles. The zero-order valence-electron chi connectivity index (χ0n) is 9.64. The van der Waals surface area contributed by atoms with Crippen LogP contribution in [0.2, 0.25) is 0 Å². The first kappa shape index (κ1) is 11.5. The van der Waals surface area contributed by atoms with Gasteiger partial charge in [-0.1, -0.05) is 30.8 Å². The van der Waals surface area contributed by atoms with E-state index in [1.54, 1.807) is 18.0 Å². The van der Waals surface area contributed by atoms with Gasteiger partial charge in [-0.3, -0.25) is 4.99 Å². The second-order valence-corrected chi connectivity index (χ2v) is 5.32. The molecule has 0 saturated carbocycles. The van der Waals surface area contributed by atoms with Crippen molar-refractivity contribution in [3.05, 3.63) is 18.0 Å². The molecule has 88 valence electrons. The molecule has 1 atom stereocenters. The largest absolute Gasteiger partial charge is 0.362 e. The van der Waals surface area contributed by atoms with Crippen molar-refractivity contribution in [3.8, 4) is 0 Å². The van der Waals surface area contributed by atoms with Crippen LogP contribution in [0.15, 0.2) is 21.8 Å². The molecule has 1 fully saturated rings. The topological polar surface area (TPSA) is 50.4 Å². The number of nitrogens with zero attached hydrogens (tertiary/aromatic N) is 2. The zero-order valence-corrected chi connectivity index (χ0v) is 10.5.